The summed E-state index contributed by atoms with van der Waals surface area (Å²) in [6.45, 7) is 8.26. The Morgan fingerprint density at radius 3 is 2.08 bits per heavy atom. The normalized spacial score (nSPS) is 19.3. The van der Waals surface area contributed by atoms with Gasteiger partial charge in [-0.15, -0.1) is 0 Å². The first-order valence-corrected chi connectivity index (χ1v) is 8.20. The van der Waals surface area contributed by atoms with Crippen molar-refractivity contribution in [3.8, 4) is 5.75 Å². The van der Waals surface area contributed by atoms with Crippen LogP contribution in [0.15, 0.2) is 28.5 Å². The lowest BCUT2D eigenvalue weighted by atomic mass is 9.69. The molecule has 2 N–H and O–H groups in total. The number of hydrogen-bond donors (Lipinski definition) is 2. The summed E-state index contributed by atoms with van der Waals surface area (Å²) in [5.41, 5.74) is 0.214. The Labute approximate surface area is 145 Å². The maximum absolute atomic E-state index is 12.8. The summed E-state index contributed by atoms with van der Waals surface area (Å²) in [6.07, 6.45) is 0.367. The van der Waals surface area contributed by atoms with Gasteiger partial charge in [-0.25, -0.2) is 0 Å². The smallest absolute Gasteiger partial charge is 0.196 e. The molecule has 0 unspecified atom stereocenters. The summed E-state index contributed by atoms with van der Waals surface area (Å²) >= 11 is 0. The van der Waals surface area contributed by atoms with Crippen LogP contribution in [0.1, 0.15) is 77.7 Å². The molecule has 0 spiro atoms. The predicted octanol–water partition coefficient (Wildman–Crippen LogP) is 3.80. The molecule has 3 rings (SSSR count). The summed E-state index contributed by atoms with van der Waals surface area (Å²) in [5.74, 6) is -1.85. The van der Waals surface area contributed by atoms with E-state index in [1.54, 1.807) is 27.7 Å². The van der Waals surface area contributed by atoms with E-state index in [4.69, 9.17) is 0 Å². The highest BCUT2D eigenvalue weighted by molar-refractivity contribution is 6.29. The van der Waals surface area contributed by atoms with Gasteiger partial charge < -0.3 is 10.2 Å². The largest absolute Gasteiger partial charge is 0.511 e. The van der Waals surface area contributed by atoms with Crippen LogP contribution >= 0.6 is 0 Å². The molecule has 0 atom stereocenters. The average molecular weight is 340 g/mol. The van der Waals surface area contributed by atoms with Gasteiger partial charge in [-0.1, -0.05) is 6.92 Å². The second-order valence-electron chi connectivity index (χ2n) is 7.11. The Balaban J connectivity index is 2.43. The number of aliphatic hydroxyl groups excluding tert-OH is 1. The summed E-state index contributed by atoms with van der Waals surface area (Å²) in [4.78, 5) is 38.1. The molecule has 0 saturated heterocycles. The average Bonchev–Trinajstić information content (AvgIpc) is 2.56. The Kier molecular flexibility index (Phi) is 3.53. The van der Waals surface area contributed by atoms with E-state index < -0.39 is 22.7 Å². The van der Waals surface area contributed by atoms with Crippen LogP contribution in [0.3, 0.4) is 0 Å². The third-order valence-corrected chi connectivity index (χ3v) is 5.38. The van der Waals surface area contributed by atoms with Gasteiger partial charge in [-0.2, -0.15) is 0 Å². The van der Waals surface area contributed by atoms with E-state index in [1.807, 2.05) is 0 Å². The second-order valence-corrected chi connectivity index (χ2v) is 7.11. The molecule has 130 valence electrons. The van der Waals surface area contributed by atoms with Crippen molar-refractivity contribution in [2.24, 2.45) is 0 Å². The van der Waals surface area contributed by atoms with Gasteiger partial charge in [0.25, 0.3) is 0 Å². The van der Waals surface area contributed by atoms with Gasteiger partial charge in [-0.05, 0) is 45.7 Å². The Bertz CT molecular complexity index is 941. The first-order valence-electron chi connectivity index (χ1n) is 8.20. The third-order valence-electron chi connectivity index (χ3n) is 5.38. The fourth-order valence-corrected chi connectivity index (χ4v) is 3.78. The number of fused-ring (bicyclic) bond motifs is 2. The maximum Gasteiger partial charge on any atom is 0.196 e. The number of hydrogen-bond acceptors (Lipinski definition) is 5. The fraction of sp³-hybridized carbons (Fsp3) is 0.350. The Morgan fingerprint density at radius 2 is 1.52 bits per heavy atom. The van der Waals surface area contributed by atoms with Crippen LogP contribution in [0, 0.1) is 0 Å². The van der Waals surface area contributed by atoms with Crippen molar-refractivity contribution in [3.63, 3.8) is 0 Å². The number of allylic oxidation sites excluding steroid dienone is 4. The standard InChI is InChI=1S/C20H20O5/c1-6-10-8(2)15(21)11-7-12-14(18(24)13(11)17(10)23)16(22)9(3)19(25)20(12,4)5/h7,24-25H,6H2,1-5H3. The Hall–Kier alpha value is -2.69. The van der Waals surface area contributed by atoms with Gasteiger partial charge in [0.2, 0.25) is 0 Å². The van der Waals surface area contributed by atoms with Crippen LogP contribution in [0.2, 0.25) is 0 Å². The zero-order chi connectivity index (χ0) is 18.8. The molecular weight excluding hydrogens is 320 g/mol. The lowest BCUT2D eigenvalue weighted by Gasteiger charge is -2.34. The molecule has 5 heteroatoms. The van der Waals surface area contributed by atoms with Gasteiger partial charge in [0.05, 0.1) is 11.1 Å². The molecule has 1 aromatic rings. The number of ketones is 3. The molecule has 25 heavy (non-hydrogen) atoms. The fourth-order valence-electron chi connectivity index (χ4n) is 3.78. The third kappa shape index (κ3) is 1.98. The number of carbonyl (C=O) groups is 3. The SMILES string of the molecule is CCC1=C(C)C(=O)c2cc3c(c(O)c2C1=O)C(=O)C(C)=C(O)C3(C)C. The number of aliphatic hydroxyl groups is 1. The number of benzene rings is 1. The molecule has 5 nitrogen and oxygen atoms in total. The van der Waals surface area contributed by atoms with E-state index in [-0.39, 0.29) is 33.8 Å². The summed E-state index contributed by atoms with van der Waals surface area (Å²) in [6, 6.07) is 1.47. The van der Waals surface area contributed by atoms with Crippen molar-refractivity contribution in [3.05, 3.63) is 50.8 Å². The summed E-state index contributed by atoms with van der Waals surface area (Å²) in [7, 11) is 0. The molecule has 1 aromatic carbocycles. The van der Waals surface area contributed by atoms with E-state index in [0.717, 1.165) is 0 Å². The van der Waals surface area contributed by atoms with Gasteiger partial charge in [0, 0.05) is 27.7 Å². The van der Waals surface area contributed by atoms with Crippen molar-refractivity contribution in [1.29, 1.82) is 0 Å². The van der Waals surface area contributed by atoms with Crippen LogP contribution in [0.5, 0.6) is 5.75 Å². The Morgan fingerprint density at radius 1 is 0.920 bits per heavy atom. The van der Waals surface area contributed by atoms with E-state index in [9.17, 15) is 24.6 Å². The number of phenols is 1. The molecule has 0 saturated carbocycles. The van der Waals surface area contributed by atoms with Crippen LogP contribution in [0.25, 0.3) is 0 Å². The monoisotopic (exact) mass is 340 g/mol. The van der Waals surface area contributed by atoms with E-state index in [2.05, 4.69) is 0 Å². The number of Topliss-reactive ketones (excluding diaryl/α,β-unsaturated/α-hetero) is 3. The van der Waals surface area contributed by atoms with Crippen LogP contribution in [-0.2, 0) is 5.41 Å². The van der Waals surface area contributed by atoms with Crippen LogP contribution < -0.4 is 0 Å². The molecular formula is C20H20O5. The number of phenolic OH excluding ortho intramolecular Hbond substituents is 1. The van der Waals surface area contributed by atoms with Gasteiger partial charge in [-0.3, -0.25) is 14.4 Å². The quantitative estimate of drug-likeness (QED) is 0.811. The maximum atomic E-state index is 12.8. The van der Waals surface area contributed by atoms with Crippen molar-refractivity contribution in [2.45, 2.75) is 46.5 Å². The summed E-state index contributed by atoms with van der Waals surface area (Å²) in [5, 5.41) is 21.1. The topological polar surface area (TPSA) is 91.7 Å². The lowest BCUT2D eigenvalue weighted by molar-refractivity contribution is 0.0966. The number of aromatic hydroxyl groups is 1. The molecule has 0 bridgehead atoms. The van der Waals surface area contributed by atoms with Gasteiger partial charge in [0.1, 0.15) is 11.5 Å². The molecule has 0 heterocycles. The molecule has 2 aliphatic rings. The zero-order valence-corrected chi connectivity index (χ0v) is 14.9. The summed E-state index contributed by atoms with van der Waals surface area (Å²) < 4.78 is 0. The number of rotatable bonds is 1. The zero-order valence-electron chi connectivity index (χ0n) is 14.9. The highest BCUT2D eigenvalue weighted by Gasteiger charge is 2.43. The molecule has 0 fully saturated rings. The predicted molar refractivity (Wildman–Crippen MR) is 92.4 cm³/mol. The molecule has 2 aliphatic carbocycles. The van der Waals surface area contributed by atoms with Crippen LogP contribution in [-0.4, -0.2) is 27.6 Å². The van der Waals surface area contributed by atoms with E-state index in [0.29, 0.717) is 23.1 Å². The van der Waals surface area contributed by atoms with Crippen molar-refractivity contribution in [1.82, 2.24) is 0 Å². The van der Waals surface area contributed by atoms with Crippen molar-refractivity contribution < 1.29 is 24.6 Å². The molecule has 0 aliphatic heterocycles. The lowest BCUT2D eigenvalue weighted by Crippen LogP contribution is -2.33. The first kappa shape index (κ1) is 17.1. The molecule has 0 aromatic heterocycles. The van der Waals surface area contributed by atoms with E-state index in [1.165, 1.54) is 13.0 Å². The van der Waals surface area contributed by atoms with Crippen molar-refractivity contribution >= 4 is 17.3 Å². The van der Waals surface area contributed by atoms with Gasteiger partial charge >= 0.3 is 0 Å². The number of carbonyl (C=O) groups excluding carboxylic acids is 3. The van der Waals surface area contributed by atoms with E-state index >= 15 is 0 Å². The second kappa shape index (κ2) is 5.15. The minimum Gasteiger partial charge on any atom is -0.511 e. The minimum atomic E-state index is -0.953. The highest BCUT2D eigenvalue weighted by atomic mass is 16.3. The van der Waals surface area contributed by atoms with Crippen molar-refractivity contribution in [2.75, 3.05) is 0 Å². The molecule has 0 amide bonds. The first-order chi connectivity index (χ1) is 11.6. The minimum absolute atomic E-state index is 0.00444. The van der Waals surface area contributed by atoms with Crippen LogP contribution in [0.4, 0.5) is 0 Å². The molecule has 0 radical (unpaired) electrons. The van der Waals surface area contributed by atoms with Gasteiger partial charge in [0.15, 0.2) is 17.3 Å². The highest BCUT2D eigenvalue weighted by Crippen LogP contribution is 2.46.